The summed E-state index contributed by atoms with van der Waals surface area (Å²) in [6.07, 6.45) is 22.8. The Balaban J connectivity index is 1.79. The van der Waals surface area contributed by atoms with Gasteiger partial charge in [-0.3, -0.25) is 14.5 Å². The monoisotopic (exact) mass is 831 g/mol. The molecule has 0 spiro atoms. The number of hydrogen-bond donors (Lipinski definition) is 4. The van der Waals surface area contributed by atoms with Crippen molar-refractivity contribution in [3.05, 3.63) is 0 Å². The molecule has 0 aliphatic carbocycles. The van der Waals surface area contributed by atoms with Crippen LogP contribution in [0.25, 0.3) is 0 Å². The lowest BCUT2D eigenvalue weighted by Gasteiger charge is -2.55. The average Bonchev–Trinajstić information content (AvgIpc) is 3.13. The van der Waals surface area contributed by atoms with Crippen LogP contribution in [0.5, 0.6) is 0 Å². The quantitative estimate of drug-likeness (QED) is 0.0572. The first-order valence-corrected chi connectivity index (χ1v) is 24.0. The maximum atomic E-state index is 11.7. The standard InChI is InChI=1S/C47H90N8O4/c1-13-17-19-21-23-25-29-58-54-44(5,6)31-36(32-45(54,7)8)38(27-15-3)49-42-51-41(48-35-40(56)57)52-43(53-42)50-39(28-16-4)37-33-46(9,10)55(47(11,12)34-37)59-30-26-24-22-20-18-14-2/h36-39H,13-35H2,1-12H3,(H,56,57)(H3,48,49,50,51,52,53). The molecule has 2 aliphatic rings. The normalized spacial score (nSPS) is 20.6. The first-order chi connectivity index (χ1) is 27.9. The minimum absolute atomic E-state index is 0.121. The molecule has 12 heteroatoms. The van der Waals surface area contributed by atoms with E-state index in [0.29, 0.717) is 23.7 Å². The molecular formula is C47H90N8O4. The Kier molecular flexibility index (Phi) is 21.1. The first kappa shape index (κ1) is 51.1. The van der Waals surface area contributed by atoms with Crippen LogP contribution in [0.1, 0.15) is 212 Å². The minimum atomic E-state index is -0.966. The lowest BCUT2D eigenvalue weighted by molar-refractivity contribution is -0.289. The van der Waals surface area contributed by atoms with Gasteiger partial charge in [-0.05, 0) is 119 Å². The molecule has 0 saturated carbocycles. The fourth-order valence-electron chi connectivity index (χ4n) is 10.6. The number of rotatable bonds is 29. The topological polar surface area (TPSA) is 137 Å². The summed E-state index contributed by atoms with van der Waals surface area (Å²) in [5.41, 5.74) is -0.642. The Morgan fingerprint density at radius 2 is 0.915 bits per heavy atom. The molecule has 2 saturated heterocycles. The van der Waals surface area contributed by atoms with Crippen molar-refractivity contribution in [2.75, 3.05) is 35.7 Å². The van der Waals surface area contributed by atoms with Crippen LogP contribution in [0.4, 0.5) is 17.8 Å². The second kappa shape index (κ2) is 24.4. The summed E-state index contributed by atoms with van der Waals surface area (Å²) >= 11 is 0. The highest BCUT2D eigenvalue weighted by Gasteiger charge is 2.49. The van der Waals surface area contributed by atoms with Gasteiger partial charge < -0.3 is 21.1 Å². The Morgan fingerprint density at radius 1 is 0.576 bits per heavy atom. The second-order valence-corrected chi connectivity index (χ2v) is 20.5. The number of hydrogen-bond acceptors (Lipinski definition) is 11. The van der Waals surface area contributed by atoms with E-state index in [2.05, 4.69) is 109 Å². The smallest absolute Gasteiger partial charge is 0.322 e. The van der Waals surface area contributed by atoms with E-state index in [0.717, 1.165) is 77.4 Å². The fraction of sp³-hybridized carbons (Fsp3) is 0.915. The molecule has 1 aromatic heterocycles. The molecule has 3 rings (SSSR count). The van der Waals surface area contributed by atoms with Crippen molar-refractivity contribution < 1.29 is 19.6 Å². The van der Waals surface area contributed by atoms with Crippen LogP contribution >= 0.6 is 0 Å². The molecule has 0 amide bonds. The number of aromatic nitrogens is 3. The third kappa shape index (κ3) is 16.5. The molecule has 2 fully saturated rings. The lowest BCUT2D eigenvalue weighted by atomic mass is 9.71. The number of carbonyl (C=O) groups is 1. The number of anilines is 3. The minimum Gasteiger partial charge on any atom is -0.480 e. The summed E-state index contributed by atoms with van der Waals surface area (Å²) in [7, 11) is 0. The van der Waals surface area contributed by atoms with Crippen LogP contribution in [0, 0.1) is 11.8 Å². The summed E-state index contributed by atoms with van der Waals surface area (Å²) in [5, 5.41) is 24.6. The largest absolute Gasteiger partial charge is 0.480 e. The molecule has 1 aromatic rings. The van der Waals surface area contributed by atoms with E-state index in [9.17, 15) is 9.90 Å². The second-order valence-electron chi connectivity index (χ2n) is 20.5. The number of nitrogens with one attached hydrogen (secondary N) is 3. The SMILES string of the molecule is CCCCCCCCON1C(C)(C)CC(C(CCC)Nc2nc(NCC(=O)O)nc(NC(CCC)C3CC(C)(C)N(OCCCCCCCC)C(C)(C)C3)n2)CC1(C)C. The van der Waals surface area contributed by atoms with E-state index in [1.54, 1.807) is 0 Å². The molecule has 59 heavy (non-hydrogen) atoms. The number of piperidine rings is 2. The van der Waals surface area contributed by atoms with Crippen molar-refractivity contribution in [2.24, 2.45) is 11.8 Å². The molecule has 0 bridgehead atoms. The predicted molar refractivity (Wildman–Crippen MR) is 245 cm³/mol. The van der Waals surface area contributed by atoms with E-state index in [-0.39, 0.29) is 46.7 Å². The van der Waals surface area contributed by atoms with Gasteiger partial charge in [0.1, 0.15) is 6.54 Å². The summed E-state index contributed by atoms with van der Waals surface area (Å²) in [6, 6.07) is 0.242. The number of nitrogens with zero attached hydrogens (tertiary/aromatic N) is 5. The summed E-state index contributed by atoms with van der Waals surface area (Å²) < 4.78 is 0. The van der Waals surface area contributed by atoms with E-state index in [1.165, 1.54) is 64.2 Å². The molecule has 0 radical (unpaired) electrons. The highest BCUT2D eigenvalue weighted by molar-refractivity contribution is 5.72. The molecule has 2 aliphatic heterocycles. The van der Waals surface area contributed by atoms with Gasteiger partial charge >= 0.3 is 5.97 Å². The lowest BCUT2D eigenvalue weighted by Crippen LogP contribution is -2.62. The van der Waals surface area contributed by atoms with Crippen LogP contribution in [-0.2, 0) is 14.5 Å². The molecule has 3 heterocycles. The van der Waals surface area contributed by atoms with E-state index in [1.807, 2.05) is 0 Å². The first-order valence-electron chi connectivity index (χ1n) is 24.0. The Labute approximate surface area is 360 Å². The summed E-state index contributed by atoms with van der Waals surface area (Å²) in [5.74, 6) is 0.938. The molecular weight excluding hydrogens is 741 g/mol. The zero-order valence-corrected chi connectivity index (χ0v) is 40.0. The Bertz CT molecular complexity index is 1230. The Hall–Kier alpha value is -2.28. The Morgan fingerprint density at radius 3 is 1.25 bits per heavy atom. The predicted octanol–water partition coefficient (Wildman–Crippen LogP) is 11.7. The molecule has 12 nitrogen and oxygen atoms in total. The van der Waals surface area contributed by atoms with Crippen molar-refractivity contribution in [1.82, 2.24) is 25.1 Å². The maximum absolute atomic E-state index is 11.7. The van der Waals surface area contributed by atoms with Crippen molar-refractivity contribution in [3.8, 4) is 0 Å². The number of aliphatic carboxylic acids is 1. The van der Waals surface area contributed by atoms with Gasteiger partial charge in [-0.2, -0.15) is 25.1 Å². The van der Waals surface area contributed by atoms with Gasteiger partial charge in [-0.25, -0.2) is 0 Å². The van der Waals surface area contributed by atoms with Gasteiger partial charge in [0.2, 0.25) is 17.8 Å². The molecule has 0 aromatic carbocycles. The van der Waals surface area contributed by atoms with Crippen LogP contribution in [0.2, 0.25) is 0 Å². The maximum Gasteiger partial charge on any atom is 0.322 e. The van der Waals surface area contributed by atoms with Gasteiger partial charge in [0.05, 0.1) is 13.2 Å². The van der Waals surface area contributed by atoms with Gasteiger partial charge in [0.15, 0.2) is 0 Å². The number of carboxylic acids is 1. The van der Waals surface area contributed by atoms with Crippen molar-refractivity contribution in [1.29, 1.82) is 0 Å². The van der Waals surface area contributed by atoms with Crippen LogP contribution < -0.4 is 16.0 Å². The van der Waals surface area contributed by atoms with Gasteiger partial charge in [-0.15, -0.1) is 0 Å². The number of carboxylic acid groups (broad SMARTS) is 1. The number of unbranched alkanes of at least 4 members (excludes halogenated alkanes) is 10. The van der Waals surface area contributed by atoms with Gasteiger partial charge in [-0.1, -0.05) is 105 Å². The molecule has 4 N–H and O–H groups in total. The zero-order valence-electron chi connectivity index (χ0n) is 40.0. The highest BCUT2D eigenvalue weighted by atomic mass is 16.7. The fourth-order valence-corrected chi connectivity index (χ4v) is 10.6. The van der Waals surface area contributed by atoms with E-state index < -0.39 is 5.97 Å². The summed E-state index contributed by atoms with van der Waals surface area (Å²) in [4.78, 5) is 39.4. The van der Waals surface area contributed by atoms with E-state index in [4.69, 9.17) is 24.6 Å². The summed E-state index contributed by atoms with van der Waals surface area (Å²) in [6.45, 7) is 28.7. The third-order valence-electron chi connectivity index (χ3n) is 12.7. The van der Waals surface area contributed by atoms with Gasteiger partial charge in [0, 0.05) is 34.2 Å². The van der Waals surface area contributed by atoms with Crippen LogP contribution in [0.3, 0.4) is 0 Å². The number of hydroxylamine groups is 4. The zero-order chi connectivity index (χ0) is 43.7. The van der Waals surface area contributed by atoms with Crippen molar-refractivity contribution >= 4 is 23.8 Å². The highest BCUT2D eigenvalue weighted by Crippen LogP contribution is 2.45. The third-order valence-corrected chi connectivity index (χ3v) is 12.7. The molecule has 2 unspecified atom stereocenters. The van der Waals surface area contributed by atoms with Gasteiger partial charge in [0.25, 0.3) is 0 Å². The van der Waals surface area contributed by atoms with Crippen molar-refractivity contribution in [3.63, 3.8) is 0 Å². The molecule has 342 valence electrons. The van der Waals surface area contributed by atoms with Crippen LogP contribution in [-0.4, -0.2) is 90.2 Å². The van der Waals surface area contributed by atoms with E-state index >= 15 is 0 Å². The average molecular weight is 831 g/mol. The molecule has 2 atom stereocenters. The van der Waals surface area contributed by atoms with Crippen molar-refractivity contribution in [2.45, 2.75) is 246 Å². The van der Waals surface area contributed by atoms with Crippen LogP contribution in [0.15, 0.2) is 0 Å².